The molecule has 1 saturated heterocycles. The van der Waals surface area contributed by atoms with E-state index in [9.17, 15) is 4.79 Å². The number of benzene rings is 1. The first-order valence-electron chi connectivity index (χ1n) is 8.95. The highest BCUT2D eigenvalue weighted by Crippen LogP contribution is 2.22. The van der Waals surface area contributed by atoms with Gasteiger partial charge >= 0.3 is 0 Å². The largest absolute Gasteiger partial charge is 0.378 e. The summed E-state index contributed by atoms with van der Waals surface area (Å²) in [6.45, 7) is 4.91. The lowest BCUT2D eigenvalue weighted by molar-refractivity contribution is 0.0988. The molecule has 0 bridgehead atoms. The van der Waals surface area contributed by atoms with Gasteiger partial charge in [0.25, 0.3) is 5.91 Å². The Morgan fingerprint density at radius 2 is 1.82 bits per heavy atom. The molecule has 1 aliphatic heterocycles. The van der Waals surface area contributed by atoms with E-state index in [1.165, 1.54) is 12.3 Å². The number of rotatable bonds is 5. The van der Waals surface area contributed by atoms with Crippen LogP contribution in [0.5, 0.6) is 0 Å². The topological polar surface area (TPSA) is 105 Å². The molecule has 144 valence electrons. The molecule has 0 saturated carbocycles. The molecular weight excluding hydrogens is 360 g/mol. The molecule has 0 atom stereocenters. The molecule has 0 unspecified atom stereocenters. The van der Waals surface area contributed by atoms with Gasteiger partial charge in [0.1, 0.15) is 17.5 Å². The lowest BCUT2D eigenvalue weighted by Gasteiger charge is -2.28. The molecule has 4 rings (SSSR count). The lowest BCUT2D eigenvalue weighted by Crippen LogP contribution is -2.36. The first-order chi connectivity index (χ1) is 13.7. The number of hydrogen-bond acceptors (Lipinski definition) is 8. The van der Waals surface area contributed by atoms with Gasteiger partial charge in [-0.3, -0.25) is 4.79 Å². The third-order valence-corrected chi connectivity index (χ3v) is 4.24. The first kappa shape index (κ1) is 17.9. The predicted molar refractivity (Wildman–Crippen MR) is 104 cm³/mol. The van der Waals surface area contributed by atoms with Crippen LogP contribution in [0.1, 0.15) is 16.4 Å². The van der Waals surface area contributed by atoms with Crippen LogP contribution in [0.2, 0.25) is 0 Å². The zero-order chi connectivity index (χ0) is 19.3. The van der Waals surface area contributed by atoms with E-state index in [0.29, 0.717) is 30.5 Å². The number of carbonyl (C=O) groups is 1. The summed E-state index contributed by atoms with van der Waals surface area (Å²) in [6, 6.07) is 10.8. The Balaban J connectivity index is 1.44. The van der Waals surface area contributed by atoms with Crippen LogP contribution in [-0.4, -0.2) is 47.3 Å². The van der Waals surface area contributed by atoms with Crippen LogP contribution in [0.25, 0.3) is 0 Å². The van der Waals surface area contributed by atoms with E-state index < -0.39 is 0 Å². The van der Waals surface area contributed by atoms with Crippen molar-refractivity contribution in [3.05, 3.63) is 54.2 Å². The minimum Gasteiger partial charge on any atom is -0.378 e. The van der Waals surface area contributed by atoms with Crippen LogP contribution >= 0.6 is 0 Å². The Bertz CT molecular complexity index is 937. The second-order valence-electron chi connectivity index (χ2n) is 6.29. The minimum atomic E-state index is -0.347. The Hall–Kier alpha value is -3.46. The SMILES string of the molecule is Cc1nc(Nc2ccc(NC(=O)c3ccno3)cc2)cc(N2CCOCC2)n1. The number of morpholine rings is 1. The summed E-state index contributed by atoms with van der Waals surface area (Å²) < 4.78 is 10.2. The molecule has 2 N–H and O–H groups in total. The summed E-state index contributed by atoms with van der Waals surface area (Å²) in [4.78, 5) is 23.2. The van der Waals surface area contributed by atoms with Gasteiger partial charge in [-0.15, -0.1) is 0 Å². The highest BCUT2D eigenvalue weighted by atomic mass is 16.5. The van der Waals surface area contributed by atoms with Crippen LogP contribution in [0, 0.1) is 6.92 Å². The monoisotopic (exact) mass is 380 g/mol. The van der Waals surface area contributed by atoms with Crippen molar-refractivity contribution in [3.8, 4) is 0 Å². The average molecular weight is 380 g/mol. The lowest BCUT2D eigenvalue weighted by atomic mass is 10.2. The molecule has 0 radical (unpaired) electrons. The molecular formula is C19H20N6O3. The number of nitrogens with zero attached hydrogens (tertiary/aromatic N) is 4. The van der Waals surface area contributed by atoms with Crippen LogP contribution in [0.4, 0.5) is 23.0 Å². The Kier molecular flexibility index (Phi) is 5.16. The fourth-order valence-corrected chi connectivity index (χ4v) is 2.88. The number of nitrogens with one attached hydrogen (secondary N) is 2. The van der Waals surface area contributed by atoms with E-state index in [1.807, 2.05) is 25.1 Å². The maximum Gasteiger partial charge on any atom is 0.294 e. The summed E-state index contributed by atoms with van der Waals surface area (Å²) in [5.41, 5.74) is 1.50. The molecule has 1 aromatic carbocycles. The van der Waals surface area contributed by atoms with Gasteiger partial charge < -0.3 is 24.8 Å². The second kappa shape index (κ2) is 8.05. The second-order valence-corrected chi connectivity index (χ2v) is 6.29. The van der Waals surface area contributed by atoms with Crippen molar-refractivity contribution in [2.45, 2.75) is 6.92 Å². The van der Waals surface area contributed by atoms with Crippen molar-refractivity contribution in [2.75, 3.05) is 41.8 Å². The molecule has 1 amide bonds. The molecule has 3 heterocycles. The highest BCUT2D eigenvalue weighted by Gasteiger charge is 2.14. The summed E-state index contributed by atoms with van der Waals surface area (Å²) in [7, 11) is 0. The van der Waals surface area contributed by atoms with Crippen molar-refractivity contribution in [1.29, 1.82) is 0 Å². The van der Waals surface area contributed by atoms with Gasteiger partial charge in [-0.2, -0.15) is 0 Å². The van der Waals surface area contributed by atoms with Gasteiger partial charge in [-0.25, -0.2) is 9.97 Å². The summed E-state index contributed by atoms with van der Waals surface area (Å²) in [6.07, 6.45) is 1.43. The minimum absolute atomic E-state index is 0.161. The molecule has 9 heteroatoms. The Morgan fingerprint density at radius 1 is 1.07 bits per heavy atom. The predicted octanol–water partition coefficient (Wildman–Crippen LogP) is 2.61. The van der Waals surface area contributed by atoms with Crippen molar-refractivity contribution in [3.63, 3.8) is 0 Å². The van der Waals surface area contributed by atoms with Gasteiger partial charge in [0.2, 0.25) is 5.76 Å². The van der Waals surface area contributed by atoms with E-state index in [1.54, 1.807) is 12.1 Å². The van der Waals surface area contributed by atoms with Gasteiger partial charge in [0.05, 0.1) is 19.4 Å². The molecule has 9 nitrogen and oxygen atoms in total. The number of anilines is 4. The van der Waals surface area contributed by atoms with Crippen LogP contribution < -0.4 is 15.5 Å². The first-order valence-corrected chi connectivity index (χ1v) is 8.95. The molecule has 2 aromatic heterocycles. The van der Waals surface area contributed by atoms with Crippen molar-refractivity contribution in [2.24, 2.45) is 0 Å². The quantitative estimate of drug-likeness (QED) is 0.696. The Morgan fingerprint density at radius 3 is 2.54 bits per heavy atom. The van der Waals surface area contributed by atoms with Gasteiger partial charge in [0, 0.05) is 36.6 Å². The normalized spacial score (nSPS) is 14.0. The summed E-state index contributed by atoms with van der Waals surface area (Å²) >= 11 is 0. The number of carbonyl (C=O) groups excluding carboxylic acids is 1. The van der Waals surface area contributed by atoms with Crippen LogP contribution in [0.3, 0.4) is 0 Å². The van der Waals surface area contributed by atoms with E-state index in [-0.39, 0.29) is 11.7 Å². The summed E-state index contributed by atoms with van der Waals surface area (Å²) in [5, 5.41) is 9.56. The summed E-state index contributed by atoms with van der Waals surface area (Å²) in [5.74, 6) is 2.11. The fraction of sp³-hybridized carbons (Fsp3) is 0.263. The van der Waals surface area contributed by atoms with Crippen molar-refractivity contribution < 1.29 is 14.1 Å². The van der Waals surface area contributed by atoms with Crippen LogP contribution in [-0.2, 0) is 4.74 Å². The number of amides is 1. The number of hydrogen-bond donors (Lipinski definition) is 2. The zero-order valence-electron chi connectivity index (χ0n) is 15.4. The third-order valence-electron chi connectivity index (χ3n) is 4.24. The van der Waals surface area contributed by atoms with Gasteiger partial charge in [0.15, 0.2) is 0 Å². The van der Waals surface area contributed by atoms with Crippen LogP contribution in [0.15, 0.2) is 47.1 Å². The van der Waals surface area contributed by atoms with E-state index >= 15 is 0 Å². The number of aryl methyl sites for hydroxylation is 1. The standard InChI is InChI=1S/C19H20N6O3/c1-13-21-17(12-18(22-13)25-8-10-27-11-9-25)23-14-2-4-15(5-3-14)24-19(26)16-6-7-20-28-16/h2-7,12H,8-11H2,1H3,(H,24,26)(H,21,22,23). The van der Waals surface area contributed by atoms with E-state index in [2.05, 4.69) is 30.7 Å². The maximum absolute atomic E-state index is 12.0. The van der Waals surface area contributed by atoms with Gasteiger partial charge in [-0.05, 0) is 31.2 Å². The smallest absolute Gasteiger partial charge is 0.294 e. The van der Waals surface area contributed by atoms with Crippen molar-refractivity contribution in [1.82, 2.24) is 15.1 Å². The molecule has 0 aliphatic carbocycles. The molecule has 1 aliphatic rings. The number of ether oxygens (including phenoxy) is 1. The molecule has 1 fully saturated rings. The average Bonchev–Trinajstić information content (AvgIpc) is 3.25. The molecule has 3 aromatic rings. The number of aromatic nitrogens is 3. The molecule has 28 heavy (non-hydrogen) atoms. The molecule has 0 spiro atoms. The van der Waals surface area contributed by atoms with E-state index in [4.69, 9.17) is 9.26 Å². The Labute approximate surface area is 161 Å². The van der Waals surface area contributed by atoms with Gasteiger partial charge in [-0.1, -0.05) is 5.16 Å². The third kappa shape index (κ3) is 4.26. The maximum atomic E-state index is 12.0. The van der Waals surface area contributed by atoms with E-state index in [0.717, 1.165) is 24.6 Å². The fourth-order valence-electron chi connectivity index (χ4n) is 2.88. The zero-order valence-corrected chi connectivity index (χ0v) is 15.4. The van der Waals surface area contributed by atoms with Crippen molar-refractivity contribution >= 4 is 28.9 Å². The highest BCUT2D eigenvalue weighted by molar-refractivity contribution is 6.02.